The molecule has 0 saturated carbocycles. The molecule has 1 N–H and O–H groups in total. The van der Waals surface area contributed by atoms with E-state index in [4.69, 9.17) is 5.11 Å². The Balaban J connectivity index is 2.45. The molecule has 0 atom stereocenters. The first kappa shape index (κ1) is 12.3. The van der Waals surface area contributed by atoms with E-state index in [-0.39, 0.29) is 12.4 Å². The van der Waals surface area contributed by atoms with Crippen molar-refractivity contribution in [3.63, 3.8) is 0 Å². The van der Waals surface area contributed by atoms with Crippen molar-refractivity contribution in [2.45, 2.75) is 6.42 Å². The lowest BCUT2D eigenvalue weighted by Crippen LogP contribution is -2.00. The molecular weight excluding hydrogens is 287 g/mol. The highest BCUT2D eigenvalue weighted by Crippen LogP contribution is 2.28. The summed E-state index contributed by atoms with van der Waals surface area (Å²) in [6.07, 6.45) is 0.496. The van der Waals surface area contributed by atoms with E-state index in [9.17, 15) is 4.39 Å². The van der Waals surface area contributed by atoms with Crippen LogP contribution in [0, 0.1) is 5.82 Å². The summed E-state index contributed by atoms with van der Waals surface area (Å²) in [7, 11) is 1.87. The molecule has 0 aliphatic heterocycles. The highest BCUT2D eigenvalue weighted by Gasteiger charge is 2.13. The zero-order chi connectivity index (χ0) is 12.4. The number of halogens is 2. The molecule has 0 radical (unpaired) electrons. The molecule has 3 nitrogen and oxygen atoms in total. The van der Waals surface area contributed by atoms with Crippen LogP contribution < -0.4 is 0 Å². The summed E-state index contributed by atoms with van der Waals surface area (Å²) in [5.41, 5.74) is 1.61. The van der Waals surface area contributed by atoms with Gasteiger partial charge in [-0.3, -0.25) is 0 Å². The molecular formula is C12H12BrFN2O. The second kappa shape index (κ2) is 4.98. The highest BCUT2D eigenvalue weighted by molar-refractivity contribution is 9.10. The average Bonchev–Trinajstić information content (AvgIpc) is 2.59. The molecule has 1 heterocycles. The van der Waals surface area contributed by atoms with Gasteiger partial charge in [-0.15, -0.1) is 0 Å². The minimum atomic E-state index is -0.267. The zero-order valence-corrected chi connectivity index (χ0v) is 10.9. The van der Waals surface area contributed by atoms with E-state index in [1.165, 1.54) is 12.1 Å². The van der Waals surface area contributed by atoms with Crippen LogP contribution in [0.3, 0.4) is 0 Å². The Morgan fingerprint density at radius 3 is 2.59 bits per heavy atom. The highest BCUT2D eigenvalue weighted by atomic mass is 79.9. The van der Waals surface area contributed by atoms with Crippen molar-refractivity contribution in [3.8, 4) is 11.3 Å². The number of aliphatic hydroxyl groups is 1. The average molecular weight is 299 g/mol. The molecule has 0 bridgehead atoms. The quantitative estimate of drug-likeness (QED) is 0.945. The number of benzene rings is 1. The van der Waals surface area contributed by atoms with E-state index < -0.39 is 0 Å². The van der Waals surface area contributed by atoms with Crippen LogP contribution >= 0.6 is 15.9 Å². The number of nitrogens with zero attached hydrogens (tertiary/aromatic N) is 2. The zero-order valence-electron chi connectivity index (χ0n) is 9.32. The van der Waals surface area contributed by atoms with Crippen molar-refractivity contribution in [1.29, 1.82) is 0 Å². The number of aromatic nitrogens is 2. The maximum absolute atomic E-state index is 12.8. The summed E-state index contributed by atoms with van der Waals surface area (Å²) in [4.78, 5) is 4.43. The molecule has 0 amide bonds. The maximum Gasteiger partial charge on any atom is 0.123 e. The summed E-state index contributed by atoms with van der Waals surface area (Å²) in [6, 6.07) is 6.18. The minimum Gasteiger partial charge on any atom is -0.396 e. The second-order valence-electron chi connectivity index (χ2n) is 3.71. The second-order valence-corrected chi connectivity index (χ2v) is 4.46. The summed E-state index contributed by atoms with van der Waals surface area (Å²) < 4.78 is 15.5. The molecule has 5 heteroatoms. The topological polar surface area (TPSA) is 38.0 Å². The minimum absolute atomic E-state index is 0.0557. The first-order valence-electron chi connectivity index (χ1n) is 5.21. The molecule has 0 aliphatic carbocycles. The Labute approximate surface area is 107 Å². The molecule has 0 aliphatic rings. The normalized spacial score (nSPS) is 10.8. The van der Waals surface area contributed by atoms with Gasteiger partial charge in [0, 0.05) is 19.0 Å². The van der Waals surface area contributed by atoms with Crippen molar-refractivity contribution in [1.82, 2.24) is 9.55 Å². The van der Waals surface area contributed by atoms with Gasteiger partial charge >= 0.3 is 0 Å². The SMILES string of the molecule is Cn1c(CCO)nc(-c2ccc(F)cc2)c1Br. The fourth-order valence-electron chi connectivity index (χ4n) is 1.64. The fraction of sp³-hybridized carbons (Fsp3) is 0.250. The lowest BCUT2D eigenvalue weighted by Gasteiger charge is -1.99. The number of aliphatic hydroxyl groups excluding tert-OH is 1. The fourth-order valence-corrected chi connectivity index (χ4v) is 2.16. The van der Waals surface area contributed by atoms with Gasteiger partial charge in [0.15, 0.2) is 0 Å². The summed E-state index contributed by atoms with van der Waals surface area (Å²) in [6.45, 7) is 0.0557. The van der Waals surface area contributed by atoms with Crippen molar-refractivity contribution in [2.24, 2.45) is 7.05 Å². The lowest BCUT2D eigenvalue weighted by molar-refractivity contribution is 0.295. The Morgan fingerprint density at radius 1 is 1.35 bits per heavy atom. The van der Waals surface area contributed by atoms with Crippen LogP contribution in [-0.2, 0) is 13.5 Å². The molecule has 17 heavy (non-hydrogen) atoms. The van der Waals surface area contributed by atoms with Gasteiger partial charge in [-0.05, 0) is 40.2 Å². The molecule has 90 valence electrons. The molecule has 0 saturated heterocycles. The third-order valence-electron chi connectivity index (χ3n) is 2.57. The van der Waals surface area contributed by atoms with Crippen LogP contribution in [0.15, 0.2) is 28.9 Å². The smallest absolute Gasteiger partial charge is 0.123 e. The van der Waals surface area contributed by atoms with Crippen molar-refractivity contribution in [3.05, 3.63) is 40.5 Å². The Bertz CT molecular complexity index is 522. The van der Waals surface area contributed by atoms with Crippen LogP contribution in [0.4, 0.5) is 4.39 Å². The monoisotopic (exact) mass is 298 g/mol. The molecule has 0 unspecified atom stereocenters. The van der Waals surface area contributed by atoms with Gasteiger partial charge in [-0.1, -0.05) is 0 Å². The first-order valence-corrected chi connectivity index (χ1v) is 6.00. The van der Waals surface area contributed by atoms with Gasteiger partial charge < -0.3 is 9.67 Å². The van der Waals surface area contributed by atoms with E-state index in [0.29, 0.717) is 6.42 Å². The van der Waals surface area contributed by atoms with Gasteiger partial charge in [0.2, 0.25) is 0 Å². The third-order valence-corrected chi connectivity index (χ3v) is 3.48. The van der Waals surface area contributed by atoms with Crippen LogP contribution in [0.5, 0.6) is 0 Å². The van der Waals surface area contributed by atoms with Crippen molar-refractivity contribution < 1.29 is 9.50 Å². The van der Waals surface area contributed by atoms with Crippen LogP contribution in [0.1, 0.15) is 5.82 Å². The van der Waals surface area contributed by atoms with Gasteiger partial charge in [-0.25, -0.2) is 9.37 Å². The van der Waals surface area contributed by atoms with Gasteiger partial charge in [0.05, 0.1) is 6.61 Å². The number of hydrogen-bond donors (Lipinski definition) is 1. The largest absolute Gasteiger partial charge is 0.396 e. The number of hydrogen-bond acceptors (Lipinski definition) is 2. The standard InChI is InChI=1S/C12H12BrFN2O/c1-16-10(6-7-17)15-11(12(16)13)8-2-4-9(14)5-3-8/h2-5,17H,6-7H2,1H3. The van der Waals surface area contributed by atoms with Crippen molar-refractivity contribution in [2.75, 3.05) is 6.61 Å². The van der Waals surface area contributed by atoms with E-state index in [1.54, 1.807) is 12.1 Å². The maximum atomic E-state index is 12.8. The number of imidazole rings is 1. The molecule has 0 fully saturated rings. The molecule has 2 rings (SSSR count). The summed E-state index contributed by atoms with van der Waals surface area (Å²) in [5.74, 6) is 0.523. The third kappa shape index (κ3) is 2.40. The number of rotatable bonds is 3. The van der Waals surface area contributed by atoms with E-state index >= 15 is 0 Å². The van der Waals surface area contributed by atoms with E-state index in [0.717, 1.165) is 21.7 Å². The molecule has 1 aromatic carbocycles. The van der Waals surface area contributed by atoms with Gasteiger partial charge in [-0.2, -0.15) is 0 Å². The summed E-state index contributed by atoms with van der Waals surface area (Å²) >= 11 is 3.45. The van der Waals surface area contributed by atoms with E-state index in [1.807, 2.05) is 11.6 Å². The molecule has 2 aromatic rings. The predicted octanol–water partition coefficient (Wildman–Crippen LogP) is 2.52. The Kier molecular flexibility index (Phi) is 3.59. The van der Waals surface area contributed by atoms with E-state index in [2.05, 4.69) is 20.9 Å². The molecule has 0 spiro atoms. The first-order chi connectivity index (χ1) is 8.13. The molecule has 1 aromatic heterocycles. The van der Waals surface area contributed by atoms with Crippen molar-refractivity contribution >= 4 is 15.9 Å². The predicted molar refractivity (Wildman–Crippen MR) is 67.1 cm³/mol. The van der Waals surface area contributed by atoms with Crippen LogP contribution in [0.25, 0.3) is 11.3 Å². The Hall–Kier alpha value is -1.20. The Morgan fingerprint density at radius 2 is 2.00 bits per heavy atom. The van der Waals surface area contributed by atoms with Crippen LogP contribution in [-0.4, -0.2) is 21.3 Å². The lowest BCUT2D eigenvalue weighted by atomic mass is 10.2. The van der Waals surface area contributed by atoms with Crippen LogP contribution in [0.2, 0.25) is 0 Å². The van der Waals surface area contributed by atoms with Gasteiger partial charge in [0.1, 0.15) is 21.9 Å². The summed E-state index contributed by atoms with van der Waals surface area (Å²) in [5, 5.41) is 8.93. The van der Waals surface area contributed by atoms with Gasteiger partial charge in [0.25, 0.3) is 0 Å².